The monoisotopic (exact) mass is 1710 g/mol. The lowest BCUT2D eigenvalue weighted by molar-refractivity contribution is -0.161. The Balaban J connectivity index is 4.35. The van der Waals surface area contributed by atoms with Crippen LogP contribution >= 0.6 is 15.6 Å². The molecule has 5 atom stereocenters. The lowest BCUT2D eigenvalue weighted by Gasteiger charge is -2.21. The lowest BCUT2D eigenvalue weighted by Crippen LogP contribution is -2.30. The van der Waals surface area contributed by atoms with E-state index in [1.165, 1.54) is 238 Å². The number of phosphoric ester groups is 2. The van der Waals surface area contributed by atoms with Gasteiger partial charge in [-0.1, -0.05) is 405 Å². The van der Waals surface area contributed by atoms with Crippen LogP contribution in [0.1, 0.15) is 432 Å². The molecule has 0 aromatic rings. The van der Waals surface area contributed by atoms with Gasteiger partial charge in [0.05, 0.1) is 26.4 Å². The van der Waals surface area contributed by atoms with Crippen molar-refractivity contribution in [2.45, 2.75) is 450 Å². The van der Waals surface area contributed by atoms with Crippen LogP contribution in [-0.4, -0.2) is 95.9 Å². The van der Waals surface area contributed by atoms with Crippen molar-refractivity contribution >= 4 is 33.6 Å². The highest BCUT2D eigenvalue weighted by atomic mass is 31.2. The number of aliphatic hydroxyl groups excluding tert-OH is 2. The molecule has 0 aromatic heterocycles. The molecule has 0 aliphatic heterocycles. The van der Waals surface area contributed by atoms with Gasteiger partial charge in [0.25, 0.3) is 0 Å². The molecular weight excluding hydrogens is 1530 g/mol. The van der Waals surface area contributed by atoms with Gasteiger partial charge in [-0.3, -0.25) is 32.5 Å². The van der Waals surface area contributed by atoms with Gasteiger partial charge in [0.15, 0.2) is 6.10 Å². The first-order chi connectivity index (χ1) is 58.2. The van der Waals surface area contributed by atoms with Crippen LogP contribution < -0.4 is 0 Å². The summed E-state index contributed by atoms with van der Waals surface area (Å²) in [5.74, 6) is -1.56. The number of phosphoric acid groups is 2. The van der Waals surface area contributed by atoms with Crippen LogP contribution in [0.25, 0.3) is 0 Å². The molecule has 16 nitrogen and oxygen atoms in total. The first-order valence-electron chi connectivity index (χ1n) is 48.5. The molecule has 0 amide bonds. The highest BCUT2D eigenvalue weighted by Crippen LogP contribution is 2.45. The van der Waals surface area contributed by atoms with E-state index < -0.39 is 91.5 Å². The number of unbranched alkanes of at least 4 members (excludes halogenated alkanes) is 47. The molecule has 0 aromatic carbocycles. The molecule has 0 heterocycles. The highest BCUT2D eigenvalue weighted by Gasteiger charge is 2.30. The Morgan fingerprint density at radius 3 is 0.731 bits per heavy atom. The van der Waals surface area contributed by atoms with E-state index in [0.717, 1.165) is 135 Å². The number of ether oxygens (including phenoxy) is 3. The Hall–Kier alpha value is -4.31. The second-order valence-electron chi connectivity index (χ2n) is 32.5. The van der Waals surface area contributed by atoms with Crippen LogP contribution in [0, 0.1) is 0 Å². The van der Waals surface area contributed by atoms with E-state index in [4.69, 9.17) is 32.3 Å². The predicted molar refractivity (Wildman–Crippen MR) is 500 cm³/mol. The van der Waals surface area contributed by atoms with Gasteiger partial charge in [-0.25, -0.2) is 9.13 Å². The van der Waals surface area contributed by atoms with Gasteiger partial charge < -0.3 is 34.2 Å². The van der Waals surface area contributed by atoms with Crippen LogP contribution in [0.4, 0.5) is 0 Å². The first-order valence-corrected chi connectivity index (χ1v) is 51.5. The summed E-state index contributed by atoms with van der Waals surface area (Å²) in [5.41, 5.74) is 0. The van der Waals surface area contributed by atoms with Crippen molar-refractivity contribution in [2.75, 3.05) is 39.6 Å². The minimum absolute atomic E-state index is 0.0967. The Morgan fingerprint density at radius 1 is 0.244 bits per heavy atom. The molecule has 688 valence electrons. The molecule has 0 saturated carbocycles. The zero-order valence-corrected chi connectivity index (χ0v) is 77.8. The van der Waals surface area contributed by atoms with Gasteiger partial charge in [0.1, 0.15) is 25.4 Å². The van der Waals surface area contributed by atoms with E-state index in [1.54, 1.807) is 0 Å². The molecule has 5 unspecified atom stereocenters. The topological polar surface area (TPSA) is 231 Å². The largest absolute Gasteiger partial charge is 0.472 e. The number of aliphatic hydroxyl groups is 2. The van der Waals surface area contributed by atoms with Crippen molar-refractivity contribution in [1.82, 2.24) is 0 Å². The summed E-state index contributed by atoms with van der Waals surface area (Å²) in [6.45, 7) is 2.58. The van der Waals surface area contributed by atoms with Crippen molar-refractivity contribution < 1.29 is 75.8 Å². The summed E-state index contributed by atoms with van der Waals surface area (Å²) in [6.07, 6.45) is 117. The Kier molecular flexibility index (Phi) is 89.5. The standard InChI is InChI=1S/C101H178O16P2/c1-4-7-10-13-16-19-22-25-27-29-31-33-35-37-39-41-43-45-47-49-51-53-55-57-59-61-63-65-67-70-72-75-78-81-84-87-99(104)111-90-96(102)91-113-118(107,108)114-92-97(103)93-115-119(109,110)116-95-98(117-101(106)89-86-83-80-77-74-69-24-21-18-15-12-9-6-3)94-112-100(105)88-85-82-79-76-73-71-68-66-64-62-60-58-56-54-52-50-48-46-44-42-40-38-36-34-32-30-28-26-23-20-17-14-11-8-5-2/h7,10,16-17,19-21,24-28,31-34,37-40,43,45,96-98,102-103H,4-6,8-9,11-15,18,22-23,29-30,35-36,41-42,44,46-95H2,1-3H3,(H,107,108)(H,109,110)/b10-7-,19-16-,20-17-,24-21-,27-25-,28-26-,33-31-,34-32-,39-37-,40-38-,45-43-. The van der Waals surface area contributed by atoms with Crippen molar-refractivity contribution in [1.29, 1.82) is 0 Å². The normalized spacial score (nSPS) is 14.3. The summed E-state index contributed by atoms with van der Waals surface area (Å²) in [4.78, 5) is 58.9. The van der Waals surface area contributed by atoms with Crippen LogP contribution in [0.5, 0.6) is 0 Å². The Morgan fingerprint density at radius 2 is 0.445 bits per heavy atom. The summed E-state index contributed by atoms with van der Waals surface area (Å²) < 4.78 is 61.4. The minimum Gasteiger partial charge on any atom is -0.463 e. The highest BCUT2D eigenvalue weighted by molar-refractivity contribution is 7.47. The van der Waals surface area contributed by atoms with Gasteiger partial charge in [-0.15, -0.1) is 0 Å². The summed E-state index contributed by atoms with van der Waals surface area (Å²) in [5, 5.41) is 20.7. The molecular formula is C101H178O16P2. The first kappa shape index (κ1) is 115. The Bertz CT molecular complexity index is 2690. The van der Waals surface area contributed by atoms with E-state index >= 15 is 0 Å². The van der Waals surface area contributed by atoms with Gasteiger partial charge in [0, 0.05) is 19.3 Å². The second-order valence-corrected chi connectivity index (χ2v) is 35.4. The number of carbonyl (C=O) groups is 3. The summed E-state index contributed by atoms with van der Waals surface area (Å²) in [7, 11) is -9.80. The average Bonchev–Trinajstić information content (AvgIpc) is 0.893. The van der Waals surface area contributed by atoms with Crippen molar-refractivity contribution in [2.24, 2.45) is 0 Å². The van der Waals surface area contributed by atoms with Crippen LogP contribution in [0.3, 0.4) is 0 Å². The quantitative estimate of drug-likeness (QED) is 0.0146. The van der Waals surface area contributed by atoms with Gasteiger partial charge in [0.2, 0.25) is 0 Å². The molecule has 4 N–H and O–H groups in total. The van der Waals surface area contributed by atoms with Crippen molar-refractivity contribution in [3.63, 3.8) is 0 Å². The number of carbonyl (C=O) groups excluding carboxylic acids is 3. The lowest BCUT2D eigenvalue weighted by atomic mass is 10.0. The van der Waals surface area contributed by atoms with Crippen molar-refractivity contribution in [3.05, 3.63) is 134 Å². The molecule has 0 fully saturated rings. The van der Waals surface area contributed by atoms with E-state index in [-0.39, 0.29) is 19.3 Å². The molecule has 0 saturated heterocycles. The fourth-order valence-corrected chi connectivity index (χ4v) is 15.1. The molecule has 0 spiro atoms. The van der Waals surface area contributed by atoms with Crippen LogP contribution in [0.2, 0.25) is 0 Å². The third kappa shape index (κ3) is 94.2. The number of hydrogen-bond donors (Lipinski definition) is 4. The smallest absolute Gasteiger partial charge is 0.463 e. The van der Waals surface area contributed by atoms with Gasteiger partial charge in [-0.2, -0.15) is 0 Å². The minimum atomic E-state index is -4.94. The zero-order valence-electron chi connectivity index (χ0n) is 76.0. The molecule has 0 aliphatic rings. The maximum Gasteiger partial charge on any atom is 0.472 e. The van der Waals surface area contributed by atoms with E-state index in [9.17, 15) is 43.5 Å². The molecule has 0 aliphatic carbocycles. The SMILES string of the molecule is CC/C=C\C/C=C\C/C=C\C/C=C\C/C=C\C/C=C\CCCCCCCCCCCCCCCCCCC(=O)OCC(O)COP(=O)(O)OCC(O)COP(=O)(O)OCC(COC(=O)CCCCCCCCCCCCCCCCCCCCC/C=C\C/C=C\C/C=C\C/C=C\CCCCC)OC(=O)CCCCCCC/C=C\CCCCCC. The van der Waals surface area contributed by atoms with Crippen molar-refractivity contribution in [3.8, 4) is 0 Å². The zero-order chi connectivity index (χ0) is 86.5. The fourth-order valence-electron chi connectivity index (χ4n) is 13.5. The third-order valence-corrected chi connectivity index (χ3v) is 22.7. The maximum atomic E-state index is 13.0. The van der Waals surface area contributed by atoms with E-state index in [0.29, 0.717) is 19.3 Å². The second kappa shape index (κ2) is 92.9. The Labute approximate surface area is 728 Å². The van der Waals surface area contributed by atoms with Crippen LogP contribution in [-0.2, 0) is 55.8 Å². The maximum absolute atomic E-state index is 13.0. The van der Waals surface area contributed by atoms with Crippen LogP contribution in [0.15, 0.2) is 134 Å². The molecule has 18 heteroatoms. The third-order valence-electron chi connectivity index (χ3n) is 20.8. The number of esters is 3. The predicted octanol–water partition coefficient (Wildman–Crippen LogP) is 30.1. The molecule has 0 rings (SSSR count). The molecule has 0 bridgehead atoms. The fraction of sp³-hybridized carbons (Fsp3) is 0.752. The van der Waals surface area contributed by atoms with Gasteiger partial charge >= 0.3 is 33.6 Å². The summed E-state index contributed by atoms with van der Waals surface area (Å²) in [6, 6.07) is 0. The number of hydrogen-bond acceptors (Lipinski definition) is 14. The number of allylic oxidation sites excluding steroid dienone is 22. The van der Waals surface area contributed by atoms with E-state index in [2.05, 4.69) is 154 Å². The summed E-state index contributed by atoms with van der Waals surface area (Å²) >= 11 is 0. The number of rotatable bonds is 92. The molecule has 119 heavy (non-hydrogen) atoms. The van der Waals surface area contributed by atoms with Gasteiger partial charge in [-0.05, 0) is 141 Å². The molecule has 0 radical (unpaired) electrons. The average molecular weight is 1710 g/mol. The van der Waals surface area contributed by atoms with E-state index in [1.807, 2.05) is 0 Å².